The molecule has 2 aromatic carbocycles. The van der Waals surface area contributed by atoms with Crippen molar-refractivity contribution in [3.8, 4) is 11.1 Å². The molecule has 3 rings (SSSR count). The molecule has 2 aromatic rings. The summed E-state index contributed by atoms with van der Waals surface area (Å²) in [6.45, 7) is 2.09. The highest BCUT2D eigenvalue weighted by Gasteiger charge is 2.27. The lowest BCUT2D eigenvalue weighted by Crippen LogP contribution is -1.93. The molecule has 1 unspecified atom stereocenters. The van der Waals surface area contributed by atoms with Gasteiger partial charge < -0.3 is 5.11 Å². The van der Waals surface area contributed by atoms with Crippen molar-refractivity contribution in [3.63, 3.8) is 0 Å². The van der Waals surface area contributed by atoms with Gasteiger partial charge in [0.15, 0.2) is 0 Å². The quantitative estimate of drug-likeness (QED) is 0.686. The van der Waals surface area contributed by atoms with E-state index in [1.165, 1.54) is 16.7 Å². The molecule has 1 atom stereocenters. The van der Waals surface area contributed by atoms with E-state index in [-0.39, 0.29) is 0 Å². The van der Waals surface area contributed by atoms with Gasteiger partial charge in [-0.25, -0.2) is 0 Å². The average molecular weight is 196 g/mol. The predicted octanol–water partition coefficient (Wildman–Crippen LogP) is 3.06. The Kier molecular flexibility index (Phi) is 1.70. The van der Waals surface area contributed by atoms with Crippen LogP contribution in [0.15, 0.2) is 42.5 Å². The molecule has 1 aliphatic rings. The van der Waals surface area contributed by atoms with Crippen LogP contribution in [-0.4, -0.2) is 5.11 Å². The van der Waals surface area contributed by atoms with Crippen molar-refractivity contribution in [1.29, 1.82) is 0 Å². The standard InChI is InChI=1S/C14H12O/c1-9-5-4-8-12-13(9)10-6-2-3-7-11(10)14(12)15/h2-8,14-15H,1H3. The molecule has 1 aliphatic carbocycles. The van der Waals surface area contributed by atoms with Gasteiger partial charge in [0.05, 0.1) is 0 Å². The van der Waals surface area contributed by atoms with E-state index in [9.17, 15) is 5.11 Å². The number of aliphatic hydroxyl groups is 1. The Morgan fingerprint density at radius 3 is 2.53 bits per heavy atom. The van der Waals surface area contributed by atoms with E-state index in [0.717, 1.165) is 11.1 Å². The van der Waals surface area contributed by atoms with Crippen molar-refractivity contribution in [3.05, 3.63) is 59.2 Å². The van der Waals surface area contributed by atoms with Crippen LogP contribution in [0.5, 0.6) is 0 Å². The first kappa shape index (κ1) is 8.69. The summed E-state index contributed by atoms with van der Waals surface area (Å²) < 4.78 is 0. The zero-order valence-corrected chi connectivity index (χ0v) is 8.57. The highest BCUT2D eigenvalue weighted by molar-refractivity contribution is 5.80. The summed E-state index contributed by atoms with van der Waals surface area (Å²) >= 11 is 0. The second-order valence-corrected chi connectivity index (χ2v) is 4.03. The van der Waals surface area contributed by atoms with Gasteiger partial charge in [0.2, 0.25) is 0 Å². The molecule has 0 bridgehead atoms. The number of hydrogen-bond donors (Lipinski definition) is 1. The average Bonchev–Trinajstić information content (AvgIpc) is 2.55. The van der Waals surface area contributed by atoms with Gasteiger partial charge in [-0.2, -0.15) is 0 Å². The van der Waals surface area contributed by atoms with E-state index in [0.29, 0.717) is 0 Å². The fraction of sp³-hybridized carbons (Fsp3) is 0.143. The molecule has 0 amide bonds. The lowest BCUT2D eigenvalue weighted by Gasteiger charge is -2.05. The fourth-order valence-corrected chi connectivity index (χ4v) is 2.42. The van der Waals surface area contributed by atoms with Crippen LogP contribution in [0.2, 0.25) is 0 Å². The highest BCUT2D eigenvalue weighted by Crippen LogP contribution is 2.44. The number of hydrogen-bond acceptors (Lipinski definition) is 1. The smallest absolute Gasteiger partial charge is 0.105 e. The van der Waals surface area contributed by atoms with Crippen LogP contribution in [0, 0.1) is 6.92 Å². The molecule has 0 aromatic heterocycles. The Hall–Kier alpha value is -1.60. The third-order valence-corrected chi connectivity index (χ3v) is 3.12. The van der Waals surface area contributed by atoms with Crippen molar-refractivity contribution in [2.45, 2.75) is 13.0 Å². The zero-order chi connectivity index (χ0) is 10.4. The normalized spacial score (nSPS) is 17.3. The van der Waals surface area contributed by atoms with Crippen molar-refractivity contribution in [2.75, 3.05) is 0 Å². The highest BCUT2D eigenvalue weighted by atomic mass is 16.3. The molecule has 0 saturated carbocycles. The second kappa shape index (κ2) is 2.94. The monoisotopic (exact) mass is 196 g/mol. The van der Waals surface area contributed by atoms with Gasteiger partial charge in [0.25, 0.3) is 0 Å². The van der Waals surface area contributed by atoms with Gasteiger partial charge in [-0.15, -0.1) is 0 Å². The number of benzene rings is 2. The molecular formula is C14H12O. The minimum Gasteiger partial charge on any atom is -0.384 e. The van der Waals surface area contributed by atoms with Crippen LogP contribution < -0.4 is 0 Å². The maximum absolute atomic E-state index is 10.2. The predicted molar refractivity (Wildman–Crippen MR) is 60.7 cm³/mol. The van der Waals surface area contributed by atoms with Crippen molar-refractivity contribution < 1.29 is 5.11 Å². The van der Waals surface area contributed by atoms with Crippen molar-refractivity contribution in [1.82, 2.24) is 0 Å². The van der Waals surface area contributed by atoms with E-state index in [4.69, 9.17) is 0 Å². The molecule has 1 N–H and O–H groups in total. The number of rotatable bonds is 0. The van der Waals surface area contributed by atoms with Crippen LogP contribution >= 0.6 is 0 Å². The summed E-state index contributed by atoms with van der Waals surface area (Å²) in [7, 11) is 0. The van der Waals surface area contributed by atoms with Gasteiger partial charge >= 0.3 is 0 Å². The molecule has 0 saturated heterocycles. The Morgan fingerprint density at radius 2 is 1.67 bits per heavy atom. The number of fused-ring (bicyclic) bond motifs is 3. The Morgan fingerprint density at radius 1 is 0.933 bits per heavy atom. The molecule has 0 aliphatic heterocycles. The van der Waals surface area contributed by atoms with Crippen LogP contribution in [0.25, 0.3) is 11.1 Å². The molecule has 0 spiro atoms. The third kappa shape index (κ3) is 1.07. The molecule has 15 heavy (non-hydrogen) atoms. The summed E-state index contributed by atoms with van der Waals surface area (Å²) in [6.07, 6.45) is -0.448. The molecule has 74 valence electrons. The largest absolute Gasteiger partial charge is 0.384 e. The summed E-state index contributed by atoms with van der Waals surface area (Å²) in [5.74, 6) is 0. The zero-order valence-electron chi connectivity index (χ0n) is 8.57. The van der Waals surface area contributed by atoms with Crippen molar-refractivity contribution in [2.24, 2.45) is 0 Å². The number of aliphatic hydroxyl groups excluding tert-OH is 1. The molecule has 1 heteroatoms. The van der Waals surface area contributed by atoms with Gasteiger partial charge in [-0.05, 0) is 34.7 Å². The fourth-order valence-electron chi connectivity index (χ4n) is 2.42. The Balaban J connectivity index is 2.39. The number of aryl methyl sites for hydroxylation is 1. The maximum Gasteiger partial charge on any atom is 0.105 e. The summed E-state index contributed by atoms with van der Waals surface area (Å²) in [5, 5.41) is 10.2. The van der Waals surface area contributed by atoms with E-state index < -0.39 is 6.10 Å². The van der Waals surface area contributed by atoms with Crippen LogP contribution in [0.4, 0.5) is 0 Å². The lowest BCUT2D eigenvalue weighted by molar-refractivity contribution is 0.225. The Labute approximate surface area is 89.0 Å². The molecule has 0 fully saturated rings. The third-order valence-electron chi connectivity index (χ3n) is 3.12. The van der Waals surface area contributed by atoms with Gasteiger partial charge in [-0.1, -0.05) is 42.5 Å². The van der Waals surface area contributed by atoms with Gasteiger partial charge in [-0.3, -0.25) is 0 Å². The van der Waals surface area contributed by atoms with E-state index in [1.807, 2.05) is 30.3 Å². The second-order valence-electron chi connectivity index (χ2n) is 4.03. The van der Waals surface area contributed by atoms with Gasteiger partial charge in [0, 0.05) is 0 Å². The molecular weight excluding hydrogens is 184 g/mol. The summed E-state index contributed by atoms with van der Waals surface area (Å²) in [6, 6.07) is 14.2. The molecule has 1 nitrogen and oxygen atoms in total. The molecule has 0 heterocycles. The van der Waals surface area contributed by atoms with E-state index in [2.05, 4.69) is 19.1 Å². The minimum absolute atomic E-state index is 0.448. The SMILES string of the molecule is Cc1cccc2c1-c1ccccc1C2O. The Bertz CT molecular complexity index is 529. The summed E-state index contributed by atoms with van der Waals surface area (Å²) in [4.78, 5) is 0. The van der Waals surface area contributed by atoms with Crippen LogP contribution in [-0.2, 0) is 0 Å². The minimum atomic E-state index is -0.448. The van der Waals surface area contributed by atoms with E-state index >= 15 is 0 Å². The topological polar surface area (TPSA) is 20.2 Å². The maximum atomic E-state index is 10.2. The summed E-state index contributed by atoms with van der Waals surface area (Å²) in [5.41, 5.74) is 5.69. The lowest BCUT2D eigenvalue weighted by atomic mass is 10.0. The van der Waals surface area contributed by atoms with Crippen molar-refractivity contribution >= 4 is 0 Å². The first-order chi connectivity index (χ1) is 7.29. The van der Waals surface area contributed by atoms with E-state index in [1.54, 1.807) is 0 Å². The first-order valence-corrected chi connectivity index (χ1v) is 5.16. The first-order valence-electron chi connectivity index (χ1n) is 5.16. The molecule has 0 radical (unpaired) electrons. The van der Waals surface area contributed by atoms with Crippen LogP contribution in [0.3, 0.4) is 0 Å². The van der Waals surface area contributed by atoms with Gasteiger partial charge in [0.1, 0.15) is 6.10 Å². The van der Waals surface area contributed by atoms with Crippen LogP contribution in [0.1, 0.15) is 22.8 Å².